The van der Waals surface area contributed by atoms with Gasteiger partial charge in [0.1, 0.15) is 6.61 Å². The molecule has 1 amide bonds. The van der Waals surface area contributed by atoms with Gasteiger partial charge in [0.05, 0.1) is 11.6 Å². The number of Topliss-reactive ketones (excluding diaryl/α,β-unsaturated/α-hetero) is 1. The van der Waals surface area contributed by atoms with E-state index in [9.17, 15) is 9.59 Å². The Morgan fingerprint density at radius 3 is 2.21 bits per heavy atom. The van der Waals surface area contributed by atoms with Crippen molar-refractivity contribution in [3.8, 4) is 0 Å². The van der Waals surface area contributed by atoms with Crippen LogP contribution in [0.4, 0.5) is 0 Å². The minimum Gasteiger partial charge on any atom is -0.366 e. The maximum absolute atomic E-state index is 11.2. The van der Waals surface area contributed by atoms with Crippen LogP contribution in [0.3, 0.4) is 0 Å². The largest absolute Gasteiger partial charge is 0.366 e. The summed E-state index contributed by atoms with van der Waals surface area (Å²) >= 11 is 0. The Bertz CT molecular complexity index is 218. The van der Waals surface area contributed by atoms with Crippen molar-refractivity contribution in [2.45, 2.75) is 46.3 Å². The van der Waals surface area contributed by atoms with Crippen LogP contribution in [0.5, 0.6) is 0 Å². The van der Waals surface area contributed by atoms with Crippen molar-refractivity contribution in [2.24, 2.45) is 0 Å². The number of ketones is 1. The molecule has 4 nitrogen and oxygen atoms in total. The fourth-order valence-electron chi connectivity index (χ4n) is 0.667. The second kappa shape index (κ2) is 5.10. The van der Waals surface area contributed by atoms with E-state index in [2.05, 4.69) is 5.32 Å². The number of carbonyl (C=O) groups is 2. The highest BCUT2D eigenvalue weighted by atomic mass is 16.5. The molecule has 0 heterocycles. The molecule has 0 saturated heterocycles. The van der Waals surface area contributed by atoms with E-state index in [1.807, 2.05) is 20.8 Å². The van der Waals surface area contributed by atoms with Crippen LogP contribution in [0.1, 0.15) is 34.6 Å². The zero-order valence-electron chi connectivity index (χ0n) is 9.51. The third-order valence-electron chi connectivity index (χ3n) is 1.62. The van der Waals surface area contributed by atoms with Gasteiger partial charge >= 0.3 is 0 Å². The van der Waals surface area contributed by atoms with Gasteiger partial charge in [0.25, 0.3) is 0 Å². The Kier molecular flexibility index (Phi) is 4.77. The van der Waals surface area contributed by atoms with Gasteiger partial charge in [-0.2, -0.15) is 0 Å². The molecule has 0 rings (SSSR count). The van der Waals surface area contributed by atoms with Crippen LogP contribution >= 0.6 is 0 Å². The van der Waals surface area contributed by atoms with Crippen LogP contribution in [0.25, 0.3) is 0 Å². The van der Waals surface area contributed by atoms with Gasteiger partial charge < -0.3 is 10.1 Å². The number of nitrogens with one attached hydrogen (secondary N) is 1. The molecular formula is C10H19NO3. The number of amides is 1. The monoisotopic (exact) mass is 201 g/mol. The predicted molar refractivity (Wildman–Crippen MR) is 54.0 cm³/mol. The Labute approximate surface area is 85.0 Å². The van der Waals surface area contributed by atoms with Crippen molar-refractivity contribution in [1.82, 2.24) is 5.32 Å². The topological polar surface area (TPSA) is 55.4 Å². The van der Waals surface area contributed by atoms with Crippen molar-refractivity contribution in [2.75, 3.05) is 6.61 Å². The number of carbonyl (C=O) groups excluding carboxylic acids is 2. The summed E-state index contributed by atoms with van der Waals surface area (Å²) in [6.45, 7) is 8.69. The Morgan fingerprint density at radius 2 is 1.86 bits per heavy atom. The molecule has 0 saturated carbocycles. The molecule has 0 aliphatic carbocycles. The van der Waals surface area contributed by atoms with Gasteiger partial charge in [-0.25, -0.2) is 0 Å². The highest BCUT2D eigenvalue weighted by molar-refractivity contribution is 5.87. The maximum Gasteiger partial charge on any atom is 0.246 e. The Balaban J connectivity index is 3.83. The van der Waals surface area contributed by atoms with Gasteiger partial charge in [0, 0.05) is 0 Å². The lowest BCUT2D eigenvalue weighted by molar-refractivity contribution is -0.133. The summed E-state index contributed by atoms with van der Waals surface area (Å²) in [4.78, 5) is 22.0. The number of hydrogen-bond donors (Lipinski definition) is 1. The summed E-state index contributed by atoms with van der Waals surface area (Å²) in [7, 11) is 0. The molecule has 0 bridgehead atoms. The molecule has 0 aromatic heterocycles. The van der Waals surface area contributed by atoms with Crippen LogP contribution in [0.15, 0.2) is 0 Å². The third kappa shape index (κ3) is 6.60. The van der Waals surface area contributed by atoms with Crippen LogP contribution in [0.2, 0.25) is 0 Å². The van der Waals surface area contributed by atoms with E-state index in [-0.39, 0.29) is 23.9 Å². The first-order valence-corrected chi connectivity index (χ1v) is 4.66. The SMILES string of the molecule is CC(=O)C(C)NC(=O)COC(C)(C)C. The first kappa shape index (κ1) is 13.1. The number of rotatable bonds is 4. The molecular weight excluding hydrogens is 182 g/mol. The van der Waals surface area contributed by atoms with E-state index >= 15 is 0 Å². The van der Waals surface area contributed by atoms with Gasteiger partial charge in [-0.1, -0.05) is 0 Å². The molecule has 0 radical (unpaired) electrons. The van der Waals surface area contributed by atoms with E-state index < -0.39 is 6.04 Å². The standard InChI is InChI=1S/C10H19NO3/c1-7(8(2)12)11-9(13)6-14-10(3,4)5/h7H,6H2,1-5H3,(H,11,13). The van der Waals surface area contributed by atoms with Crippen LogP contribution in [-0.4, -0.2) is 29.9 Å². The summed E-state index contributed by atoms with van der Waals surface area (Å²) < 4.78 is 5.25. The lowest BCUT2D eigenvalue weighted by Crippen LogP contribution is -2.40. The minimum atomic E-state index is -0.439. The van der Waals surface area contributed by atoms with Gasteiger partial charge in [-0.3, -0.25) is 9.59 Å². The molecule has 0 aromatic rings. The number of ether oxygens (including phenoxy) is 1. The van der Waals surface area contributed by atoms with Crippen LogP contribution in [0, 0.1) is 0 Å². The maximum atomic E-state index is 11.2. The van der Waals surface area contributed by atoms with Crippen molar-refractivity contribution in [3.63, 3.8) is 0 Å². The highest BCUT2D eigenvalue weighted by Gasteiger charge is 2.15. The molecule has 1 N–H and O–H groups in total. The van der Waals surface area contributed by atoms with Crippen molar-refractivity contribution >= 4 is 11.7 Å². The first-order valence-electron chi connectivity index (χ1n) is 4.66. The lowest BCUT2D eigenvalue weighted by Gasteiger charge is -2.19. The summed E-state index contributed by atoms with van der Waals surface area (Å²) in [6.07, 6.45) is 0. The van der Waals surface area contributed by atoms with Crippen LogP contribution < -0.4 is 5.32 Å². The predicted octanol–water partition coefficient (Wildman–Crippen LogP) is 0.895. The zero-order valence-corrected chi connectivity index (χ0v) is 9.51. The van der Waals surface area contributed by atoms with E-state index in [0.717, 1.165) is 0 Å². The molecule has 1 atom stereocenters. The van der Waals surface area contributed by atoms with E-state index in [4.69, 9.17) is 4.74 Å². The summed E-state index contributed by atoms with van der Waals surface area (Å²) in [6, 6.07) is -0.439. The van der Waals surface area contributed by atoms with E-state index in [0.29, 0.717) is 0 Å². The molecule has 0 fully saturated rings. The average Bonchev–Trinajstić information content (AvgIpc) is 1.99. The van der Waals surface area contributed by atoms with Crippen molar-refractivity contribution < 1.29 is 14.3 Å². The van der Waals surface area contributed by atoms with Gasteiger partial charge in [0.15, 0.2) is 5.78 Å². The minimum absolute atomic E-state index is 0.0128. The summed E-state index contributed by atoms with van der Waals surface area (Å²) in [5.41, 5.74) is -0.337. The lowest BCUT2D eigenvalue weighted by atomic mass is 10.2. The molecule has 4 heteroatoms. The fraction of sp³-hybridized carbons (Fsp3) is 0.800. The van der Waals surface area contributed by atoms with Gasteiger partial charge in [-0.15, -0.1) is 0 Å². The highest BCUT2D eigenvalue weighted by Crippen LogP contribution is 2.05. The zero-order chi connectivity index (χ0) is 11.4. The summed E-state index contributed by atoms with van der Waals surface area (Å²) in [5, 5.41) is 2.54. The summed E-state index contributed by atoms with van der Waals surface area (Å²) in [5.74, 6) is -0.322. The number of hydrogen-bond acceptors (Lipinski definition) is 3. The average molecular weight is 201 g/mol. The smallest absolute Gasteiger partial charge is 0.246 e. The van der Waals surface area contributed by atoms with Crippen molar-refractivity contribution in [3.05, 3.63) is 0 Å². The normalized spacial score (nSPS) is 13.5. The third-order valence-corrected chi connectivity index (χ3v) is 1.62. The molecule has 0 aromatic carbocycles. The first-order chi connectivity index (χ1) is 6.22. The van der Waals surface area contributed by atoms with E-state index in [1.165, 1.54) is 6.92 Å². The van der Waals surface area contributed by atoms with Crippen LogP contribution in [-0.2, 0) is 14.3 Å². The second-order valence-corrected chi connectivity index (χ2v) is 4.30. The molecule has 1 unspecified atom stereocenters. The molecule has 14 heavy (non-hydrogen) atoms. The quantitative estimate of drug-likeness (QED) is 0.735. The molecule has 0 spiro atoms. The fourth-order valence-corrected chi connectivity index (χ4v) is 0.667. The molecule has 0 aliphatic heterocycles. The Hall–Kier alpha value is -0.900. The van der Waals surface area contributed by atoms with Gasteiger partial charge in [-0.05, 0) is 34.6 Å². The second-order valence-electron chi connectivity index (χ2n) is 4.30. The molecule has 0 aliphatic rings. The Morgan fingerprint density at radius 1 is 1.36 bits per heavy atom. The van der Waals surface area contributed by atoms with Gasteiger partial charge in [0.2, 0.25) is 5.91 Å². The van der Waals surface area contributed by atoms with E-state index in [1.54, 1.807) is 6.92 Å². The molecule has 82 valence electrons. The van der Waals surface area contributed by atoms with Crippen molar-refractivity contribution in [1.29, 1.82) is 0 Å².